The van der Waals surface area contributed by atoms with Crippen LogP contribution in [-0.2, 0) is 11.2 Å². The number of ether oxygens (including phenoxy) is 1. The number of hydrogen-bond acceptors (Lipinski definition) is 4. The van der Waals surface area contributed by atoms with Crippen molar-refractivity contribution in [3.05, 3.63) is 46.2 Å². The molecular formula is C19H22N2O2S. The van der Waals surface area contributed by atoms with Crippen LogP contribution in [0.5, 0.6) is 5.75 Å². The standard InChI is InChI=1S/C19H22N2O2S/c22-19-8-5-14-13-15(6-7-16(14)20-19)23-11-10-21-9-1-3-17(21)18-4-2-12-24-18/h2,4,6-7,12-13,17H,1,3,5,8-11H2,(H,20,22). The van der Waals surface area contributed by atoms with Crippen molar-refractivity contribution in [3.63, 3.8) is 0 Å². The van der Waals surface area contributed by atoms with Gasteiger partial charge in [-0.3, -0.25) is 9.69 Å². The van der Waals surface area contributed by atoms with Crippen LogP contribution in [-0.4, -0.2) is 30.5 Å². The van der Waals surface area contributed by atoms with Crippen molar-refractivity contribution in [2.24, 2.45) is 0 Å². The molecular weight excluding hydrogens is 320 g/mol. The Labute approximate surface area is 146 Å². The molecule has 24 heavy (non-hydrogen) atoms. The van der Waals surface area contributed by atoms with Crippen molar-refractivity contribution < 1.29 is 9.53 Å². The lowest BCUT2D eigenvalue weighted by Gasteiger charge is -2.24. The fraction of sp³-hybridized carbons (Fsp3) is 0.421. The van der Waals surface area contributed by atoms with E-state index in [0.717, 1.165) is 30.9 Å². The van der Waals surface area contributed by atoms with Gasteiger partial charge in [-0.25, -0.2) is 0 Å². The first kappa shape index (κ1) is 15.7. The Bertz CT molecular complexity index is 714. The second-order valence-corrected chi connectivity index (χ2v) is 7.40. The first-order chi connectivity index (χ1) is 11.8. The van der Waals surface area contributed by atoms with Crippen LogP contribution in [0.3, 0.4) is 0 Å². The third-order valence-electron chi connectivity index (χ3n) is 4.85. The predicted octanol–water partition coefficient (Wildman–Crippen LogP) is 3.85. The van der Waals surface area contributed by atoms with E-state index >= 15 is 0 Å². The van der Waals surface area contributed by atoms with Crippen molar-refractivity contribution in [1.29, 1.82) is 0 Å². The molecule has 1 fully saturated rings. The molecule has 3 heterocycles. The summed E-state index contributed by atoms with van der Waals surface area (Å²) in [5.74, 6) is 1.00. The van der Waals surface area contributed by atoms with E-state index in [4.69, 9.17) is 4.74 Å². The summed E-state index contributed by atoms with van der Waals surface area (Å²) in [7, 11) is 0. The van der Waals surface area contributed by atoms with Gasteiger partial charge >= 0.3 is 0 Å². The molecule has 4 rings (SSSR count). The van der Waals surface area contributed by atoms with Crippen LogP contribution in [0.2, 0.25) is 0 Å². The number of carbonyl (C=O) groups is 1. The highest BCUT2D eigenvalue weighted by Gasteiger charge is 2.26. The molecule has 1 atom stereocenters. The van der Waals surface area contributed by atoms with Gasteiger partial charge in [0.2, 0.25) is 5.91 Å². The highest BCUT2D eigenvalue weighted by Crippen LogP contribution is 2.34. The van der Waals surface area contributed by atoms with E-state index < -0.39 is 0 Å². The zero-order valence-corrected chi connectivity index (χ0v) is 14.5. The minimum Gasteiger partial charge on any atom is -0.492 e. The van der Waals surface area contributed by atoms with Gasteiger partial charge in [0, 0.05) is 29.6 Å². The number of likely N-dealkylation sites (tertiary alicyclic amines) is 1. The Morgan fingerprint density at radius 2 is 2.25 bits per heavy atom. The van der Waals surface area contributed by atoms with Crippen LogP contribution in [0.1, 0.15) is 35.7 Å². The van der Waals surface area contributed by atoms with Crippen LogP contribution in [0.4, 0.5) is 5.69 Å². The Morgan fingerprint density at radius 3 is 3.12 bits per heavy atom. The number of rotatable bonds is 5. The van der Waals surface area contributed by atoms with Crippen molar-refractivity contribution in [1.82, 2.24) is 4.90 Å². The predicted molar refractivity (Wildman–Crippen MR) is 96.8 cm³/mol. The van der Waals surface area contributed by atoms with Crippen LogP contribution >= 0.6 is 11.3 Å². The lowest BCUT2D eigenvalue weighted by molar-refractivity contribution is -0.116. The molecule has 2 aliphatic heterocycles. The molecule has 2 aliphatic rings. The van der Waals surface area contributed by atoms with Gasteiger partial charge in [-0.2, -0.15) is 0 Å². The molecule has 0 saturated carbocycles. The van der Waals surface area contributed by atoms with Gasteiger partial charge in [0.15, 0.2) is 0 Å². The minimum absolute atomic E-state index is 0.102. The highest BCUT2D eigenvalue weighted by molar-refractivity contribution is 7.10. The topological polar surface area (TPSA) is 41.6 Å². The third-order valence-corrected chi connectivity index (χ3v) is 5.83. The molecule has 1 saturated heterocycles. The van der Waals surface area contributed by atoms with E-state index in [-0.39, 0.29) is 5.91 Å². The lowest BCUT2D eigenvalue weighted by Crippen LogP contribution is -2.27. The van der Waals surface area contributed by atoms with E-state index in [0.29, 0.717) is 19.1 Å². The Morgan fingerprint density at radius 1 is 1.29 bits per heavy atom. The molecule has 1 aromatic carbocycles. The fourth-order valence-electron chi connectivity index (χ4n) is 3.63. The number of nitrogens with one attached hydrogen (secondary N) is 1. The summed E-state index contributed by atoms with van der Waals surface area (Å²) in [6.45, 7) is 2.81. The van der Waals surface area contributed by atoms with Crippen molar-refractivity contribution in [2.45, 2.75) is 31.7 Å². The van der Waals surface area contributed by atoms with Crippen LogP contribution in [0.25, 0.3) is 0 Å². The third kappa shape index (κ3) is 3.32. The number of fused-ring (bicyclic) bond motifs is 1. The maximum absolute atomic E-state index is 11.4. The normalized spacial score (nSPS) is 20.7. The first-order valence-electron chi connectivity index (χ1n) is 8.62. The average molecular weight is 342 g/mol. The summed E-state index contributed by atoms with van der Waals surface area (Å²) in [6, 6.07) is 10.9. The molecule has 0 bridgehead atoms. The van der Waals surface area contributed by atoms with Crippen LogP contribution in [0, 0.1) is 0 Å². The Balaban J connectivity index is 1.33. The summed E-state index contributed by atoms with van der Waals surface area (Å²) in [6.07, 6.45) is 3.87. The quantitative estimate of drug-likeness (QED) is 0.897. The lowest BCUT2D eigenvalue weighted by atomic mass is 10.0. The summed E-state index contributed by atoms with van der Waals surface area (Å²) in [5, 5.41) is 5.07. The Kier molecular flexibility index (Phi) is 4.54. The summed E-state index contributed by atoms with van der Waals surface area (Å²) < 4.78 is 5.98. The van der Waals surface area contributed by atoms with Crippen molar-refractivity contribution in [2.75, 3.05) is 25.0 Å². The van der Waals surface area contributed by atoms with Crippen molar-refractivity contribution in [3.8, 4) is 5.75 Å². The monoisotopic (exact) mass is 342 g/mol. The number of carbonyl (C=O) groups excluding carboxylic acids is 1. The summed E-state index contributed by atoms with van der Waals surface area (Å²) in [4.78, 5) is 15.4. The van der Waals surface area contributed by atoms with E-state index in [1.165, 1.54) is 23.3 Å². The molecule has 1 unspecified atom stereocenters. The molecule has 5 heteroatoms. The smallest absolute Gasteiger partial charge is 0.224 e. The molecule has 1 aromatic heterocycles. The second kappa shape index (κ2) is 6.95. The number of anilines is 1. The fourth-order valence-corrected chi connectivity index (χ4v) is 4.52. The van der Waals surface area contributed by atoms with Gasteiger partial charge in [0.1, 0.15) is 12.4 Å². The second-order valence-electron chi connectivity index (χ2n) is 6.43. The van der Waals surface area contributed by atoms with Gasteiger partial charge in [-0.15, -0.1) is 11.3 Å². The molecule has 126 valence electrons. The van der Waals surface area contributed by atoms with Gasteiger partial charge in [-0.05, 0) is 61.0 Å². The minimum atomic E-state index is 0.102. The van der Waals surface area contributed by atoms with Gasteiger partial charge in [0.25, 0.3) is 0 Å². The van der Waals surface area contributed by atoms with E-state index in [1.54, 1.807) is 0 Å². The van der Waals surface area contributed by atoms with Gasteiger partial charge < -0.3 is 10.1 Å². The summed E-state index contributed by atoms with van der Waals surface area (Å²) in [5.41, 5.74) is 2.10. The molecule has 0 spiro atoms. The van der Waals surface area contributed by atoms with E-state index in [2.05, 4.69) is 33.8 Å². The highest BCUT2D eigenvalue weighted by atomic mass is 32.1. The van der Waals surface area contributed by atoms with Crippen LogP contribution < -0.4 is 10.1 Å². The van der Waals surface area contributed by atoms with Gasteiger partial charge in [0.05, 0.1) is 0 Å². The number of aryl methyl sites for hydroxylation is 1. The van der Waals surface area contributed by atoms with Gasteiger partial charge in [-0.1, -0.05) is 6.07 Å². The number of amides is 1. The van der Waals surface area contributed by atoms with E-state index in [1.807, 2.05) is 23.5 Å². The zero-order valence-electron chi connectivity index (χ0n) is 13.7. The number of benzene rings is 1. The maximum atomic E-state index is 11.4. The molecule has 0 aliphatic carbocycles. The van der Waals surface area contributed by atoms with Crippen molar-refractivity contribution >= 4 is 22.9 Å². The summed E-state index contributed by atoms with van der Waals surface area (Å²) >= 11 is 1.85. The number of hydrogen-bond donors (Lipinski definition) is 1. The van der Waals surface area contributed by atoms with E-state index in [9.17, 15) is 4.79 Å². The maximum Gasteiger partial charge on any atom is 0.224 e. The van der Waals surface area contributed by atoms with Crippen LogP contribution in [0.15, 0.2) is 35.7 Å². The first-order valence-corrected chi connectivity index (χ1v) is 9.50. The molecule has 0 radical (unpaired) electrons. The Hall–Kier alpha value is -1.85. The molecule has 2 aromatic rings. The molecule has 1 amide bonds. The SMILES string of the molecule is O=C1CCc2cc(OCCN3CCCC3c3cccs3)ccc2N1. The largest absolute Gasteiger partial charge is 0.492 e. The number of nitrogens with zero attached hydrogens (tertiary/aromatic N) is 1. The number of thiophene rings is 1. The molecule has 1 N–H and O–H groups in total. The molecule has 4 nitrogen and oxygen atoms in total. The zero-order chi connectivity index (χ0) is 16.4. The average Bonchev–Trinajstić information content (AvgIpc) is 3.26.